The molecule has 0 radical (unpaired) electrons. The summed E-state index contributed by atoms with van der Waals surface area (Å²) >= 11 is 7.63. The number of carbonyl (C=O) groups excluding carboxylic acids is 1. The van der Waals surface area contributed by atoms with Gasteiger partial charge in [0.25, 0.3) is 5.56 Å². The molecule has 0 aliphatic heterocycles. The third-order valence-corrected chi connectivity index (χ3v) is 6.41. The minimum atomic E-state index is -0.103. The smallest absolute Gasteiger partial charge is 0.262 e. The Balaban J connectivity index is 1.54. The van der Waals surface area contributed by atoms with Gasteiger partial charge in [-0.15, -0.1) is 0 Å². The van der Waals surface area contributed by atoms with Crippen LogP contribution in [0, 0.1) is 6.92 Å². The molecule has 0 N–H and O–H groups in total. The first-order valence-corrected chi connectivity index (χ1v) is 10.8. The van der Waals surface area contributed by atoms with E-state index in [-0.39, 0.29) is 11.3 Å². The number of nitrogens with zero attached hydrogens (tertiary/aromatic N) is 2. The number of halogens is 1. The lowest BCUT2D eigenvalue weighted by Crippen LogP contribution is -2.20. The fraction of sp³-hybridized carbons (Fsp3) is 0.125. The predicted molar refractivity (Wildman–Crippen MR) is 123 cm³/mol. The Labute approximate surface area is 183 Å². The summed E-state index contributed by atoms with van der Waals surface area (Å²) in [6, 6.07) is 20.2. The van der Waals surface area contributed by atoms with Crippen LogP contribution in [0.15, 0.2) is 76.7 Å². The van der Waals surface area contributed by atoms with Gasteiger partial charge in [-0.3, -0.25) is 14.2 Å². The van der Waals surface area contributed by atoms with E-state index in [0.717, 1.165) is 11.1 Å². The van der Waals surface area contributed by atoms with Crippen molar-refractivity contribution in [2.75, 3.05) is 0 Å². The van der Waals surface area contributed by atoms with E-state index in [0.29, 0.717) is 38.0 Å². The van der Waals surface area contributed by atoms with Gasteiger partial charge in [0.05, 0.1) is 15.9 Å². The van der Waals surface area contributed by atoms with E-state index in [1.807, 2.05) is 37.3 Å². The number of hydrogen-bond donors (Lipinski definition) is 0. The molecule has 0 unspecified atom stereocenters. The van der Waals surface area contributed by atoms with Gasteiger partial charge in [-0.25, -0.2) is 4.98 Å². The van der Waals surface area contributed by atoms with Gasteiger partial charge in [-0.1, -0.05) is 71.9 Å². The van der Waals surface area contributed by atoms with Gasteiger partial charge in [0.15, 0.2) is 10.9 Å². The standard InChI is InChI=1S/C24H19ClN2O2S/c1-15-6-5-9-20-21(15)23(29)27(2)24(26-20)30-14-16-10-12-17(13-11-16)22(28)18-7-3-4-8-19(18)25/h3-13H,14H2,1-2H3. The summed E-state index contributed by atoms with van der Waals surface area (Å²) in [7, 11) is 1.74. The lowest BCUT2D eigenvalue weighted by atomic mass is 10.0. The van der Waals surface area contributed by atoms with Crippen molar-refractivity contribution in [2.45, 2.75) is 17.8 Å². The highest BCUT2D eigenvalue weighted by Gasteiger charge is 2.13. The molecule has 0 bridgehead atoms. The van der Waals surface area contributed by atoms with Crippen LogP contribution in [0.25, 0.3) is 10.9 Å². The summed E-state index contributed by atoms with van der Waals surface area (Å²) in [5.41, 5.74) is 3.71. The van der Waals surface area contributed by atoms with Gasteiger partial charge in [0, 0.05) is 23.9 Å². The summed E-state index contributed by atoms with van der Waals surface area (Å²) in [6.45, 7) is 1.92. The summed E-state index contributed by atoms with van der Waals surface area (Å²) in [5.74, 6) is 0.534. The molecule has 0 atom stereocenters. The third-order valence-electron chi connectivity index (χ3n) is 4.97. The first-order chi connectivity index (χ1) is 14.5. The van der Waals surface area contributed by atoms with Gasteiger partial charge < -0.3 is 0 Å². The normalized spacial score (nSPS) is 11.0. The first-order valence-electron chi connectivity index (χ1n) is 9.43. The number of carbonyl (C=O) groups is 1. The molecule has 4 rings (SSSR count). The van der Waals surface area contributed by atoms with Crippen LogP contribution in [-0.4, -0.2) is 15.3 Å². The molecule has 0 amide bonds. The molecule has 150 valence electrons. The molecule has 0 fully saturated rings. The van der Waals surface area contributed by atoms with Crippen molar-refractivity contribution in [3.05, 3.63) is 104 Å². The molecule has 0 aliphatic carbocycles. The van der Waals surface area contributed by atoms with Gasteiger partial charge in [-0.05, 0) is 36.2 Å². The highest BCUT2D eigenvalue weighted by Crippen LogP contribution is 2.24. The SMILES string of the molecule is Cc1cccc2nc(SCc3ccc(C(=O)c4ccccc4Cl)cc3)n(C)c(=O)c12. The number of rotatable bonds is 5. The zero-order chi connectivity index (χ0) is 21.3. The van der Waals surface area contributed by atoms with E-state index in [9.17, 15) is 9.59 Å². The van der Waals surface area contributed by atoms with Crippen molar-refractivity contribution >= 4 is 40.0 Å². The van der Waals surface area contributed by atoms with Crippen LogP contribution in [-0.2, 0) is 12.8 Å². The largest absolute Gasteiger partial charge is 0.290 e. The number of ketones is 1. The number of benzene rings is 3. The van der Waals surface area contributed by atoms with Crippen LogP contribution in [0.1, 0.15) is 27.0 Å². The zero-order valence-corrected chi connectivity index (χ0v) is 18.1. The average Bonchev–Trinajstić information content (AvgIpc) is 2.75. The van der Waals surface area contributed by atoms with Gasteiger partial charge >= 0.3 is 0 Å². The van der Waals surface area contributed by atoms with Crippen LogP contribution in [0.2, 0.25) is 5.02 Å². The maximum Gasteiger partial charge on any atom is 0.262 e. The highest BCUT2D eigenvalue weighted by atomic mass is 35.5. The Morgan fingerprint density at radius 2 is 1.77 bits per heavy atom. The van der Waals surface area contributed by atoms with Crippen molar-refractivity contribution in [1.29, 1.82) is 0 Å². The van der Waals surface area contributed by atoms with E-state index < -0.39 is 0 Å². The van der Waals surface area contributed by atoms with E-state index in [4.69, 9.17) is 11.6 Å². The Morgan fingerprint density at radius 3 is 2.50 bits per heavy atom. The summed E-state index contributed by atoms with van der Waals surface area (Å²) in [6.07, 6.45) is 0. The molecular weight excluding hydrogens is 416 g/mol. The van der Waals surface area contributed by atoms with E-state index in [2.05, 4.69) is 4.98 Å². The monoisotopic (exact) mass is 434 g/mol. The minimum Gasteiger partial charge on any atom is -0.290 e. The average molecular weight is 435 g/mol. The predicted octanol–water partition coefficient (Wildman–Crippen LogP) is 5.42. The topological polar surface area (TPSA) is 52.0 Å². The van der Waals surface area contributed by atoms with Crippen molar-refractivity contribution < 1.29 is 4.79 Å². The van der Waals surface area contributed by atoms with Crippen molar-refractivity contribution in [1.82, 2.24) is 9.55 Å². The van der Waals surface area contributed by atoms with Crippen LogP contribution in [0.4, 0.5) is 0 Å². The summed E-state index contributed by atoms with van der Waals surface area (Å²) in [4.78, 5) is 30.0. The zero-order valence-electron chi connectivity index (χ0n) is 16.6. The second-order valence-electron chi connectivity index (χ2n) is 7.02. The van der Waals surface area contributed by atoms with Crippen LogP contribution in [0.5, 0.6) is 0 Å². The molecule has 0 saturated carbocycles. The van der Waals surface area contributed by atoms with Crippen molar-refractivity contribution in [3.63, 3.8) is 0 Å². The van der Waals surface area contributed by atoms with Crippen LogP contribution in [0.3, 0.4) is 0 Å². The molecule has 4 aromatic rings. The molecule has 0 aliphatic rings. The fourth-order valence-electron chi connectivity index (χ4n) is 3.29. The van der Waals surface area contributed by atoms with Crippen LogP contribution >= 0.6 is 23.4 Å². The molecule has 3 aromatic carbocycles. The van der Waals surface area contributed by atoms with Gasteiger partial charge in [0.2, 0.25) is 0 Å². The first kappa shape index (κ1) is 20.4. The number of hydrogen-bond acceptors (Lipinski definition) is 4. The number of aromatic nitrogens is 2. The molecule has 1 heterocycles. The minimum absolute atomic E-state index is 0.0405. The maximum atomic E-state index is 12.7. The molecule has 0 saturated heterocycles. The van der Waals surface area contributed by atoms with E-state index in [1.165, 1.54) is 11.8 Å². The van der Waals surface area contributed by atoms with Gasteiger partial charge in [0.1, 0.15) is 0 Å². The van der Waals surface area contributed by atoms with Gasteiger partial charge in [-0.2, -0.15) is 0 Å². The summed E-state index contributed by atoms with van der Waals surface area (Å²) in [5, 5.41) is 1.77. The fourth-order valence-corrected chi connectivity index (χ4v) is 4.44. The Kier molecular flexibility index (Phi) is 5.75. The van der Waals surface area contributed by atoms with E-state index >= 15 is 0 Å². The Bertz CT molecular complexity index is 1310. The molecule has 0 spiro atoms. The molecule has 4 nitrogen and oxygen atoms in total. The highest BCUT2D eigenvalue weighted by molar-refractivity contribution is 7.98. The number of aryl methyl sites for hydroxylation is 1. The second kappa shape index (κ2) is 8.46. The second-order valence-corrected chi connectivity index (χ2v) is 8.37. The summed E-state index contributed by atoms with van der Waals surface area (Å²) < 4.78 is 1.59. The molecular formula is C24H19ClN2O2S. The number of thioether (sulfide) groups is 1. The van der Waals surface area contributed by atoms with Crippen molar-refractivity contribution in [2.24, 2.45) is 7.05 Å². The third kappa shape index (κ3) is 3.91. The molecule has 1 aromatic heterocycles. The lowest BCUT2D eigenvalue weighted by Gasteiger charge is -2.10. The quantitative estimate of drug-likeness (QED) is 0.239. The maximum absolute atomic E-state index is 12.7. The number of fused-ring (bicyclic) bond motifs is 1. The van der Waals surface area contributed by atoms with E-state index in [1.54, 1.807) is 48.0 Å². The van der Waals surface area contributed by atoms with Crippen molar-refractivity contribution in [3.8, 4) is 0 Å². The Hall–Kier alpha value is -2.89. The Morgan fingerprint density at radius 1 is 1.03 bits per heavy atom. The lowest BCUT2D eigenvalue weighted by molar-refractivity contribution is 0.103. The molecule has 6 heteroatoms. The molecule has 30 heavy (non-hydrogen) atoms. The van der Waals surface area contributed by atoms with Crippen LogP contribution < -0.4 is 5.56 Å².